The summed E-state index contributed by atoms with van der Waals surface area (Å²) in [6, 6.07) is 4.36. The second kappa shape index (κ2) is 7.65. The van der Waals surface area contributed by atoms with Crippen molar-refractivity contribution in [1.82, 2.24) is 10.3 Å². The number of aromatic nitrogens is 1. The van der Waals surface area contributed by atoms with Gasteiger partial charge in [0.15, 0.2) is 0 Å². The number of carbonyl (C=O) groups is 1. The molecule has 1 aromatic heterocycles. The Morgan fingerprint density at radius 3 is 2.95 bits per heavy atom. The number of nitrogens with zero attached hydrogens (tertiary/aromatic N) is 1. The molecule has 5 heteroatoms. The first-order valence-corrected chi connectivity index (χ1v) is 7.06. The number of anilines is 1. The highest BCUT2D eigenvalue weighted by Gasteiger charge is 2.12. The predicted molar refractivity (Wildman–Crippen MR) is 79.4 cm³/mol. The van der Waals surface area contributed by atoms with E-state index >= 15 is 0 Å². The Labute approximate surface area is 119 Å². The number of hydrogen-bond acceptors (Lipinski definition) is 5. The van der Waals surface area contributed by atoms with Gasteiger partial charge in [-0.2, -0.15) is 0 Å². The third kappa shape index (κ3) is 4.66. The van der Waals surface area contributed by atoms with Crippen LogP contribution in [0.25, 0.3) is 6.08 Å². The van der Waals surface area contributed by atoms with E-state index in [1.165, 1.54) is 6.08 Å². The smallest absolute Gasteiger partial charge is 0.330 e. The van der Waals surface area contributed by atoms with Crippen LogP contribution in [-0.4, -0.2) is 36.7 Å². The van der Waals surface area contributed by atoms with Crippen LogP contribution in [0.3, 0.4) is 0 Å². The van der Waals surface area contributed by atoms with Crippen LogP contribution in [0.15, 0.2) is 24.4 Å². The summed E-state index contributed by atoms with van der Waals surface area (Å²) in [4.78, 5) is 15.6. The number of ether oxygens (including phenoxy) is 1. The second-order valence-corrected chi connectivity index (χ2v) is 4.73. The van der Waals surface area contributed by atoms with Crippen molar-refractivity contribution in [2.24, 2.45) is 0 Å². The van der Waals surface area contributed by atoms with Crippen LogP contribution in [0.4, 0.5) is 5.82 Å². The largest absolute Gasteiger partial charge is 0.463 e. The zero-order chi connectivity index (χ0) is 14.2. The molecule has 1 aliphatic rings. The number of pyridine rings is 1. The maximum absolute atomic E-state index is 11.2. The number of nitrogens with one attached hydrogen (secondary N) is 2. The van der Waals surface area contributed by atoms with Gasteiger partial charge in [-0.1, -0.05) is 0 Å². The average Bonchev–Trinajstić information content (AvgIpc) is 2.48. The SMILES string of the molecule is CCOC(=O)/C=C/c1ccc(NC2CCNCC2)nc1. The minimum absolute atomic E-state index is 0.329. The van der Waals surface area contributed by atoms with E-state index in [0.29, 0.717) is 12.6 Å². The summed E-state index contributed by atoms with van der Waals surface area (Å²) in [6.07, 6.45) is 7.11. The van der Waals surface area contributed by atoms with Crippen LogP contribution in [0.1, 0.15) is 25.3 Å². The van der Waals surface area contributed by atoms with E-state index in [0.717, 1.165) is 37.3 Å². The van der Waals surface area contributed by atoms with E-state index in [9.17, 15) is 4.79 Å². The maximum Gasteiger partial charge on any atom is 0.330 e. The second-order valence-electron chi connectivity index (χ2n) is 4.73. The molecule has 0 aromatic carbocycles. The standard InChI is InChI=1S/C15H21N3O2/c1-2-20-15(19)6-4-12-3-5-14(17-11-12)18-13-7-9-16-10-8-13/h3-6,11,13,16H,2,7-10H2,1H3,(H,17,18)/b6-4+. The Bertz CT molecular complexity index is 451. The lowest BCUT2D eigenvalue weighted by molar-refractivity contribution is -0.137. The van der Waals surface area contributed by atoms with Gasteiger partial charge in [-0.3, -0.25) is 0 Å². The molecule has 2 N–H and O–H groups in total. The van der Waals surface area contributed by atoms with Crippen LogP contribution in [0, 0.1) is 0 Å². The molecule has 20 heavy (non-hydrogen) atoms. The average molecular weight is 275 g/mol. The fourth-order valence-corrected chi connectivity index (χ4v) is 2.12. The van der Waals surface area contributed by atoms with E-state index in [-0.39, 0.29) is 5.97 Å². The minimum atomic E-state index is -0.329. The van der Waals surface area contributed by atoms with Gasteiger partial charge in [0.1, 0.15) is 5.82 Å². The molecule has 2 heterocycles. The Morgan fingerprint density at radius 1 is 1.50 bits per heavy atom. The van der Waals surface area contributed by atoms with Gasteiger partial charge >= 0.3 is 5.97 Å². The summed E-state index contributed by atoms with van der Waals surface area (Å²) in [5, 5.41) is 6.76. The van der Waals surface area contributed by atoms with Gasteiger partial charge in [0.05, 0.1) is 6.61 Å². The van der Waals surface area contributed by atoms with Crippen LogP contribution in [-0.2, 0) is 9.53 Å². The topological polar surface area (TPSA) is 63.2 Å². The van der Waals surface area contributed by atoms with Gasteiger partial charge < -0.3 is 15.4 Å². The van der Waals surface area contributed by atoms with Gasteiger partial charge in [-0.25, -0.2) is 9.78 Å². The van der Waals surface area contributed by atoms with E-state index in [1.54, 1.807) is 19.2 Å². The number of piperidine rings is 1. The van der Waals surface area contributed by atoms with Gasteiger partial charge in [0, 0.05) is 18.3 Å². The number of carbonyl (C=O) groups excluding carboxylic acids is 1. The molecular weight excluding hydrogens is 254 g/mol. The molecule has 0 radical (unpaired) electrons. The highest BCUT2D eigenvalue weighted by molar-refractivity contribution is 5.86. The summed E-state index contributed by atoms with van der Waals surface area (Å²) < 4.78 is 4.82. The first kappa shape index (κ1) is 14.5. The van der Waals surface area contributed by atoms with E-state index in [1.807, 2.05) is 12.1 Å². The lowest BCUT2D eigenvalue weighted by Gasteiger charge is -2.24. The van der Waals surface area contributed by atoms with Gasteiger partial charge in [-0.05, 0) is 56.6 Å². The molecule has 1 aliphatic heterocycles. The molecule has 108 valence electrons. The Kier molecular flexibility index (Phi) is 5.55. The molecule has 1 fully saturated rings. The third-order valence-electron chi connectivity index (χ3n) is 3.18. The van der Waals surface area contributed by atoms with Crippen molar-refractivity contribution in [2.45, 2.75) is 25.8 Å². The first-order chi connectivity index (χ1) is 9.78. The van der Waals surface area contributed by atoms with Crippen molar-refractivity contribution in [3.63, 3.8) is 0 Å². The summed E-state index contributed by atoms with van der Waals surface area (Å²) in [5.74, 6) is 0.551. The van der Waals surface area contributed by atoms with E-state index < -0.39 is 0 Å². The molecule has 0 bridgehead atoms. The molecule has 1 aromatic rings. The zero-order valence-corrected chi connectivity index (χ0v) is 11.8. The zero-order valence-electron chi connectivity index (χ0n) is 11.8. The highest BCUT2D eigenvalue weighted by atomic mass is 16.5. The molecule has 0 amide bonds. The molecule has 1 saturated heterocycles. The molecule has 0 saturated carbocycles. The maximum atomic E-state index is 11.2. The molecule has 0 atom stereocenters. The molecule has 5 nitrogen and oxygen atoms in total. The third-order valence-corrected chi connectivity index (χ3v) is 3.18. The lowest BCUT2D eigenvalue weighted by atomic mass is 10.1. The molecule has 0 unspecified atom stereocenters. The van der Waals surface area contributed by atoms with Gasteiger partial charge in [0.25, 0.3) is 0 Å². The number of esters is 1. The molecule has 2 rings (SSSR count). The van der Waals surface area contributed by atoms with E-state index in [4.69, 9.17) is 4.74 Å². The van der Waals surface area contributed by atoms with Crippen LogP contribution in [0.5, 0.6) is 0 Å². The van der Waals surface area contributed by atoms with Crippen LogP contribution >= 0.6 is 0 Å². The first-order valence-electron chi connectivity index (χ1n) is 7.06. The van der Waals surface area contributed by atoms with Crippen molar-refractivity contribution >= 4 is 17.9 Å². The van der Waals surface area contributed by atoms with Gasteiger partial charge in [-0.15, -0.1) is 0 Å². The van der Waals surface area contributed by atoms with Crippen molar-refractivity contribution in [1.29, 1.82) is 0 Å². The Hall–Kier alpha value is -1.88. The van der Waals surface area contributed by atoms with Crippen molar-refractivity contribution in [3.8, 4) is 0 Å². The van der Waals surface area contributed by atoms with Crippen LogP contribution in [0.2, 0.25) is 0 Å². The number of rotatable bonds is 5. The monoisotopic (exact) mass is 275 g/mol. The molecule has 0 aliphatic carbocycles. The molecular formula is C15H21N3O2. The Balaban J connectivity index is 1.87. The molecule has 0 spiro atoms. The lowest BCUT2D eigenvalue weighted by Crippen LogP contribution is -2.35. The Morgan fingerprint density at radius 2 is 2.30 bits per heavy atom. The fourth-order valence-electron chi connectivity index (χ4n) is 2.12. The summed E-state index contributed by atoms with van der Waals surface area (Å²) in [5.41, 5.74) is 0.883. The highest BCUT2D eigenvalue weighted by Crippen LogP contribution is 2.12. The van der Waals surface area contributed by atoms with Crippen molar-refractivity contribution in [2.75, 3.05) is 25.0 Å². The summed E-state index contributed by atoms with van der Waals surface area (Å²) >= 11 is 0. The quantitative estimate of drug-likeness (QED) is 0.634. The van der Waals surface area contributed by atoms with Gasteiger partial charge in [0.2, 0.25) is 0 Å². The van der Waals surface area contributed by atoms with Crippen LogP contribution < -0.4 is 10.6 Å². The van der Waals surface area contributed by atoms with Crippen molar-refractivity contribution < 1.29 is 9.53 Å². The predicted octanol–water partition coefficient (Wildman–Crippen LogP) is 1.82. The fraction of sp³-hybridized carbons (Fsp3) is 0.467. The van der Waals surface area contributed by atoms with Crippen molar-refractivity contribution in [3.05, 3.63) is 30.0 Å². The normalized spacial score (nSPS) is 16.2. The summed E-state index contributed by atoms with van der Waals surface area (Å²) in [7, 11) is 0. The minimum Gasteiger partial charge on any atom is -0.463 e. The summed E-state index contributed by atoms with van der Waals surface area (Å²) in [6.45, 7) is 4.28. The number of hydrogen-bond donors (Lipinski definition) is 2. The van der Waals surface area contributed by atoms with E-state index in [2.05, 4.69) is 15.6 Å².